The van der Waals surface area contributed by atoms with E-state index in [-0.39, 0.29) is 35.6 Å². The predicted octanol–water partition coefficient (Wildman–Crippen LogP) is 5.14. The van der Waals surface area contributed by atoms with Crippen molar-refractivity contribution in [2.45, 2.75) is 65.7 Å². The Morgan fingerprint density at radius 1 is 0.729 bits per heavy atom. The van der Waals surface area contributed by atoms with Crippen molar-refractivity contribution in [2.75, 3.05) is 0 Å². The zero-order valence-electron chi connectivity index (χ0n) is 29.0. The van der Waals surface area contributed by atoms with Crippen molar-refractivity contribution >= 4 is 8.78 Å². The summed E-state index contributed by atoms with van der Waals surface area (Å²) in [6, 6.07) is 40.1. The Balaban J connectivity index is 0.000000202. The van der Waals surface area contributed by atoms with Crippen LogP contribution in [0.5, 0.6) is 0 Å². The molecule has 4 aromatic carbocycles. The topological polar surface area (TPSA) is 13.1 Å². The molecule has 246 valence electrons. The molecule has 7 rings (SSSR count). The van der Waals surface area contributed by atoms with E-state index in [9.17, 15) is 0 Å². The molecule has 1 nitrogen and oxygen atoms in total. The fourth-order valence-corrected chi connectivity index (χ4v) is 6.41. The van der Waals surface area contributed by atoms with Gasteiger partial charge in [0.25, 0.3) is 0 Å². The molecule has 1 atom stereocenters. The molecular weight excluding hydrogens is 707 g/mol. The molecule has 48 heavy (non-hydrogen) atoms. The van der Waals surface area contributed by atoms with E-state index in [0.717, 1.165) is 17.8 Å². The molecule has 4 heteroatoms. The summed E-state index contributed by atoms with van der Waals surface area (Å²) in [7, 11) is 0. The fraction of sp³-hybridized carbons (Fsp3) is 0.250. The maximum absolute atomic E-state index is 5.23. The van der Waals surface area contributed by atoms with E-state index in [4.69, 9.17) is 4.42 Å². The maximum atomic E-state index is 5.23. The van der Waals surface area contributed by atoms with Crippen LogP contribution in [0.3, 0.4) is 0 Å². The average molecular weight is 751 g/mol. The van der Waals surface area contributed by atoms with E-state index in [1.165, 1.54) is 71.9 Å². The molecular formula is C44H44Cl2OZr-2. The molecule has 0 spiro atoms. The first-order valence-electron chi connectivity index (χ1n) is 16.1. The minimum absolute atomic E-state index is 0. The first-order chi connectivity index (χ1) is 21.9. The fourth-order valence-electron chi connectivity index (χ4n) is 5.59. The Kier molecular flexibility index (Phi) is 14.0. The Hall–Kier alpha value is -3.03. The summed E-state index contributed by atoms with van der Waals surface area (Å²) in [5.74, 6) is 1.36. The molecule has 1 unspecified atom stereocenters. The van der Waals surface area contributed by atoms with Crippen molar-refractivity contribution < 1.29 is 53.5 Å². The summed E-state index contributed by atoms with van der Waals surface area (Å²) in [4.78, 5) is 0. The third kappa shape index (κ3) is 10.0. The van der Waals surface area contributed by atoms with Gasteiger partial charge in [0.15, 0.2) is 0 Å². The molecule has 0 fully saturated rings. The molecule has 0 aliphatic heterocycles. The van der Waals surface area contributed by atoms with Gasteiger partial charge in [0, 0.05) is 0 Å². The van der Waals surface area contributed by atoms with Crippen LogP contribution in [0.2, 0.25) is 0 Å². The van der Waals surface area contributed by atoms with Crippen LogP contribution in [0, 0.1) is 18.1 Å². The number of benzene rings is 4. The Morgan fingerprint density at radius 2 is 1.33 bits per heavy atom. The predicted molar refractivity (Wildman–Crippen MR) is 191 cm³/mol. The van der Waals surface area contributed by atoms with Gasteiger partial charge in [0.1, 0.15) is 0 Å². The van der Waals surface area contributed by atoms with Crippen LogP contribution in [0.1, 0.15) is 87.6 Å². The van der Waals surface area contributed by atoms with Crippen molar-refractivity contribution in [2.24, 2.45) is 5.92 Å². The van der Waals surface area contributed by atoms with Crippen LogP contribution in [0.15, 0.2) is 126 Å². The Bertz CT molecular complexity index is 1740. The molecule has 2 aliphatic carbocycles. The van der Waals surface area contributed by atoms with Gasteiger partial charge in [-0.1, -0.05) is 78.1 Å². The molecule has 5 aromatic rings. The third-order valence-corrected chi connectivity index (χ3v) is 9.75. The van der Waals surface area contributed by atoms with Crippen molar-refractivity contribution in [3.63, 3.8) is 0 Å². The summed E-state index contributed by atoms with van der Waals surface area (Å²) < 4.78 is 6.64. The first-order valence-corrected chi connectivity index (χ1v) is 17.4. The molecule has 0 saturated heterocycles. The summed E-state index contributed by atoms with van der Waals surface area (Å²) in [5.41, 5.74) is 12.5. The molecule has 0 amide bonds. The van der Waals surface area contributed by atoms with Gasteiger partial charge in [0.2, 0.25) is 0 Å². The zero-order valence-corrected chi connectivity index (χ0v) is 33.0. The van der Waals surface area contributed by atoms with Crippen LogP contribution in [0.4, 0.5) is 0 Å². The average Bonchev–Trinajstić information content (AvgIpc) is 3.81. The van der Waals surface area contributed by atoms with E-state index in [1.54, 1.807) is 6.26 Å². The van der Waals surface area contributed by atoms with Gasteiger partial charge in [-0.25, -0.2) is 6.08 Å². The molecule has 1 aromatic heterocycles. The number of hydrogen-bond donors (Lipinski definition) is 0. The normalized spacial score (nSPS) is 14.1. The number of fused-ring (bicyclic) bond motifs is 3. The summed E-state index contributed by atoms with van der Waals surface area (Å²) in [5, 5.41) is 0. The van der Waals surface area contributed by atoms with Crippen LogP contribution in [-0.2, 0) is 41.5 Å². The van der Waals surface area contributed by atoms with Gasteiger partial charge in [-0.05, 0) is 40.5 Å². The standard InChI is InChI=1S/C21H25.C13H10.C10H9O.2ClH.Zr/c1-20(2,3)16-7-9-18-14(12-16)11-15-13-17(21(4,5)6)8-10-19(15)18;1-3-7-12(8-4-1)11-13-9-5-2-6-10-13;1-8-4-5-9(7-8)10-3-2-6-11-10;;;/h7-10,12H,11H2,1-6H3;1-10H;2-3,5-8H,1H3;2*1H;/q-1;;-1;;;+2/p-2. The van der Waals surface area contributed by atoms with Crippen LogP contribution in [-0.4, -0.2) is 3.21 Å². The van der Waals surface area contributed by atoms with Crippen molar-refractivity contribution in [1.29, 1.82) is 0 Å². The number of allylic oxidation sites excluding steroid dienone is 4. The SMILES string of the molecule is CC(C)(C)c1[c-]c2c(cc1)-c1ccc(C(C)(C)C)cc1C2.CC1[C-]=CC(c2ccco2)=C1.[Cl-].[Cl-].[Zr+2]=[C](c1ccccc1)c1ccccc1. The van der Waals surface area contributed by atoms with Gasteiger partial charge < -0.3 is 29.2 Å². The van der Waals surface area contributed by atoms with Crippen molar-refractivity contribution in [1.82, 2.24) is 0 Å². The Labute approximate surface area is 315 Å². The Morgan fingerprint density at radius 3 is 1.83 bits per heavy atom. The summed E-state index contributed by atoms with van der Waals surface area (Å²) in [6.07, 6.45) is 10.0. The summed E-state index contributed by atoms with van der Waals surface area (Å²) in [6.45, 7) is 15.7. The van der Waals surface area contributed by atoms with Gasteiger partial charge in [-0.2, -0.15) is 29.8 Å². The quantitative estimate of drug-likeness (QED) is 0.229. The number of hydrogen-bond acceptors (Lipinski definition) is 1. The van der Waals surface area contributed by atoms with Crippen LogP contribution >= 0.6 is 0 Å². The van der Waals surface area contributed by atoms with Crippen LogP contribution < -0.4 is 24.8 Å². The molecule has 2 aliphatic rings. The van der Waals surface area contributed by atoms with Crippen molar-refractivity contribution in [3.05, 3.63) is 173 Å². The zero-order chi connectivity index (χ0) is 32.9. The minimum atomic E-state index is 0. The third-order valence-electron chi connectivity index (χ3n) is 8.33. The van der Waals surface area contributed by atoms with Crippen molar-refractivity contribution in [3.8, 4) is 11.1 Å². The summed E-state index contributed by atoms with van der Waals surface area (Å²) >= 11 is 1.46. The van der Waals surface area contributed by atoms with E-state index in [1.807, 2.05) is 18.2 Å². The molecule has 0 N–H and O–H groups in total. The first kappa shape index (κ1) is 39.4. The molecule has 0 radical (unpaired) electrons. The van der Waals surface area contributed by atoms with E-state index >= 15 is 0 Å². The molecule has 0 bridgehead atoms. The number of halogens is 2. The van der Waals surface area contributed by atoms with Gasteiger partial charge in [-0.15, -0.1) is 16.7 Å². The monoisotopic (exact) mass is 748 g/mol. The van der Waals surface area contributed by atoms with Gasteiger partial charge >= 0.3 is 99.2 Å². The van der Waals surface area contributed by atoms with Crippen LogP contribution in [0.25, 0.3) is 16.7 Å². The second-order valence-corrected chi connectivity index (χ2v) is 15.3. The van der Waals surface area contributed by atoms with Gasteiger partial charge in [-0.3, -0.25) is 6.08 Å². The van der Waals surface area contributed by atoms with E-state index in [0.29, 0.717) is 5.92 Å². The van der Waals surface area contributed by atoms with E-state index in [2.05, 4.69) is 158 Å². The van der Waals surface area contributed by atoms with Gasteiger partial charge in [0.05, 0.1) is 12.0 Å². The van der Waals surface area contributed by atoms with E-state index < -0.39 is 0 Å². The second-order valence-electron chi connectivity index (χ2n) is 14.1. The second kappa shape index (κ2) is 17.1. The molecule has 0 saturated carbocycles. The number of rotatable bonds is 3. The number of furan rings is 1. The molecule has 1 heterocycles.